The summed E-state index contributed by atoms with van der Waals surface area (Å²) in [7, 11) is 0. The number of carbonyl (C=O) groups excluding carboxylic acids is 1. The van der Waals surface area contributed by atoms with Gasteiger partial charge in [-0.2, -0.15) is 0 Å². The summed E-state index contributed by atoms with van der Waals surface area (Å²) in [4.78, 5) is 14.4. The van der Waals surface area contributed by atoms with E-state index in [0.717, 1.165) is 0 Å². The van der Waals surface area contributed by atoms with Gasteiger partial charge in [-0.3, -0.25) is 4.79 Å². The summed E-state index contributed by atoms with van der Waals surface area (Å²) in [6, 6.07) is 1.30. The van der Waals surface area contributed by atoms with E-state index >= 15 is 0 Å². The predicted octanol–water partition coefficient (Wildman–Crippen LogP) is 2.49. The van der Waals surface area contributed by atoms with E-state index in [2.05, 4.69) is 4.98 Å². The summed E-state index contributed by atoms with van der Waals surface area (Å²) in [6.07, 6.45) is -1.63. The Bertz CT molecular complexity index is 341. The van der Waals surface area contributed by atoms with Crippen molar-refractivity contribution >= 4 is 17.4 Å². The molecule has 13 heavy (non-hydrogen) atoms. The minimum Gasteiger partial charge on any atom is -0.288 e. The van der Waals surface area contributed by atoms with E-state index < -0.39 is 12.2 Å². The Morgan fingerprint density at radius 3 is 2.77 bits per heavy atom. The topological polar surface area (TPSA) is 30.0 Å². The van der Waals surface area contributed by atoms with Gasteiger partial charge >= 0.3 is 6.43 Å². The number of ketones is 1. The highest BCUT2D eigenvalue weighted by molar-refractivity contribution is 6.32. The number of aryl methyl sites for hydroxylation is 1. The number of halogens is 3. The van der Waals surface area contributed by atoms with Crippen LogP contribution in [0.3, 0.4) is 0 Å². The molecule has 0 aliphatic rings. The monoisotopic (exact) mass is 205 g/mol. The number of rotatable bonds is 2. The minimum atomic E-state index is -3.04. The van der Waals surface area contributed by atoms with Gasteiger partial charge in [0.15, 0.2) is 0 Å². The molecule has 1 aromatic rings. The third kappa shape index (κ3) is 2.21. The molecule has 0 atom stereocenters. The maximum Gasteiger partial charge on any atom is 0.300 e. The summed E-state index contributed by atoms with van der Waals surface area (Å²) in [6.45, 7) is 1.64. The Labute approximate surface area is 78.5 Å². The van der Waals surface area contributed by atoms with E-state index in [9.17, 15) is 13.6 Å². The van der Waals surface area contributed by atoms with Crippen LogP contribution in [0.15, 0.2) is 12.3 Å². The predicted molar refractivity (Wildman–Crippen MR) is 44.3 cm³/mol. The van der Waals surface area contributed by atoms with Gasteiger partial charge < -0.3 is 0 Å². The highest BCUT2D eigenvalue weighted by Crippen LogP contribution is 2.17. The second-order valence-electron chi connectivity index (χ2n) is 2.52. The van der Waals surface area contributed by atoms with E-state index in [1.165, 1.54) is 12.3 Å². The molecule has 1 aromatic heterocycles. The Hall–Kier alpha value is -1.03. The molecule has 1 rings (SSSR count). The van der Waals surface area contributed by atoms with Crippen molar-refractivity contribution in [2.45, 2.75) is 13.3 Å². The minimum absolute atomic E-state index is 0.184. The van der Waals surface area contributed by atoms with Crippen molar-refractivity contribution in [1.82, 2.24) is 4.98 Å². The van der Waals surface area contributed by atoms with Crippen LogP contribution in [0.2, 0.25) is 5.15 Å². The fraction of sp³-hybridized carbons (Fsp3) is 0.250. The third-order valence-corrected chi connectivity index (χ3v) is 1.74. The molecule has 5 heteroatoms. The maximum absolute atomic E-state index is 12.0. The Kier molecular flexibility index (Phi) is 2.93. The van der Waals surface area contributed by atoms with E-state index in [1.54, 1.807) is 6.92 Å². The number of Topliss-reactive ketones (excluding diaryl/α,β-unsaturated/α-hetero) is 1. The van der Waals surface area contributed by atoms with Crippen LogP contribution in [0, 0.1) is 6.92 Å². The van der Waals surface area contributed by atoms with Crippen molar-refractivity contribution in [3.05, 3.63) is 28.5 Å². The van der Waals surface area contributed by atoms with Gasteiger partial charge in [-0.1, -0.05) is 11.6 Å². The van der Waals surface area contributed by atoms with Crippen molar-refractivity contribution in [1.29, 1.82) is 0 Å². The molecular formula is C8H6ClF2NO. The van der Waals surface area contributed by atoms with Gasteiger partial charge in [-0.05, 0) is 18.6 Å². The first kappa shape index (κ1) is 10.1. The van der Waals surface area contributed by atoms with Gasteiger partial charge in [0.2, 0.25) is 5.78 Å². The number of nitrogens with zero attached hydrogens (tertiary/aromatic N) is 1. The van der Waals surface area contributed by atoms with Crippen LogP contribution in [0.1, 0.15) is 15.9 Å². The highest BCUT2D eigenvalue weighted by atomic mass is 35.5. The molecular weight excluding hydrogens is 200 g/mol. The standard InChI is InChI=1S/C8H6ClF2NO/c1-4-2-5(6(13)8(10)11)7(9)12-3-4/h2-3,8H,1H3. The van der Waals surface area contributed by atoms with Crippen molar-refractivity contribution in [2.75, 3.05) is 0 Å². The van der Waals surface area contributed by atoms with Gasteiger partial charge in [0, 0.05) is 6.20 Å². The second-order valence-corrected chi connectivity index (χ2v) is 2.87. The Morgan fingerprint density at radius 1 is 1.62 bits per heavy atom. The van der Waals surface area contributed by atoms with E-state index in [4.69, 9.17) is 11.6 Å². The zero-order valence-electron chi connectivity index (χ0n) is 6.72. The third-order valence-electron chi connectivity index (χ3n) is 1.44. The second kappa shape index (κ2) is 3.79. The van der Waals surface area contributed by atoms with Crippen LogP contribution in [-0.4, -0.2) is 17.2 Å². The zero-order valence-corrected chi connectivity index (χ0v) is 7.48. The van der Waals surface area contributed by atoms with Gasteiger partial charge in [0.1, 0.15) is 5.15 Å². The van der Waals surface area contributed by atoms with Crippen molar-refractivity contribution in [3.63, 3.8) is 0 Å². The number of alkyl halides is 2. The lowest BCUT2D eigenvalue weighted by molar-refractivity contribution is 0.0678. The summed E-state index contributed by atoms with van der Waals surface area (Å²) in [5, 5.41) is -0.184. The Balaban J connectivity index is 3.13. The lowest BCUT2D eigenvalue weighted by atomic mass is 10.1. The molecule has 0 aromatic carbocycles. The smallest absolute Gasteiger partial charge is 0.288 e. The summed E-state index contributed by atoms with van der Waals surface area (Å²) >= 11 is 5.47. The van der Waals surface area contributed by atoms with Crippen molar-refractivity contribution < 1.29 is 13.6 Å². The molecule has 70 valence electrons. The number of aromatic nitrogens is 1. The van der Waals surface area contributed by atoms with Gasteiger partial charge in [-0.15, -0.1) is 0 Å². The van der Waals surface area contributed by atoms with Gasteiger partial charge in [0.25, 0.3) is 0 Å². The van der Waals surface area contributed by atoms with Crippen LogP contribution in [-0.2, 0) is 0 Å². The first-order valence-electron chi connectivity index (χ1n) is 3.47. The number of hydrogen-bond donors (Lipinski definition) is 0. The molecule has 0 aliphatic heterocycles. The van der Waals surface area contributed by atoms with Crippen molar-refractivity contribution in [2.24, 2.45) is 0 Å². The summed E-state index contributed by atoms with van der Waals surface area (Å²) < 4.78 is 24.0. The molecule has 0 fully saturated rings. The van der Waals surface area contributed by atoms with Crippen LogP contribution < -0.4 is 0 Å². The molecule has 0 amide bonds. The SMILES string of the molecule is Cc1cnc(Cl)c(C(=O)C(F)F)c1. The maximum atomic E-state index is 12.0. The number of pyridine rings is 1. The van der Waals surface area contributed by atoms with E-state index in [1.807, 2.05) is 0 Å². The molecule has 0 unspecified atom stereocenters. The first-order valence-corrected chi connectivity index (χ1v) is 3.84. The largest absolute Gasteiger partial charge is 0.300 e. The van der Waals surface area contributed by atoms with Gasteiger partial charge in [0.05, 0.1) is 5.56 Å². The molecule has 0 aliphatic carbocycles. The lowest BCUT2D eigenvalue weighted by Crippen LogP contribution is -2.11. The summed E-state index contributed by atoms with van der Waals surface area (Å²) in [5.74, 6) is -1.29. The van der Waals surface area contributed by atoms with Crippen molar-refractivity contribution in [3.8, 4) is 0 Å². The van der Waals surface area contributed by atoms with Crippen LogP contribution in [0.4, 0.5) is 8.78 Å². The molecule has 1 heterocycles. The first-order chi connectivity index (χ1) is 6.02. The molecule has 0 bridgehead atoms. The number of hydrogen-bond acceptors (Lipinski definition) is 2. The highest BCUT2D eigenvalue weighted by Gasteiger charge is 2.21. The molecule has 0 radical (unpaired) electrons. The average Bonchev–Trinajstić information content (AvgIpc) is 2.08. The summed E-state index contributed by atoms with van der Waals surface area (Å²) in [5.41, 5.74) is 0.394. The normalized spacial score (nSPS) is 10.5. The fourth-order valence-corrected chi connectivity index (χ4v) is 1.04. The molecule has 0 saturated carbocycles. The zero-order chi connectivity index (χ0) is 10.0. The van der Waals surface area contributed by atoms with Crippen LogP contribution in [0.5, 0.6) is 0 Å². The fourth-order valence-electron chi connectivity index (χ4n) is 0.843. The van der Waals surface area contributed by atoms with Gasteiger partial charge in [-0.25, -0.2) is 13.8 Å². The average molecular weight is 206 g/mol. The van der Waals surface area contributed by atoms with Crippen LogP contribution >= 0.6 is 11.6 Å². The van der Waals surface area contributed by atoms with E-state index in [0.29, 0.717) is 5.56 Å². The molecule has 2 nitrogen and oxygen atoms in total. The van der Waals surface area contributed by atoms with Crippen LogP contribution in [0.25, 0.3) is 0 Å². The number of carbonyl (C=O) groups is 1. The molecule has 0 N–H and O–H groups in total. The van der Waals surface area contributed by atoms with E-state index in [-0.39, 0.29) is 10.7 Å². The molecule has 0 saturated heterocycles. The molecule has 0 spiro atoms. The Morgan fingerprint density at radius 2 is 2.23 bits per heavy atom. The lowest BCUT2D eigenvalue weighted by Gasteiger charge is -2.02. The quantitative estimate of drug-likeness (QED) is 0.549.